The van der Waals surface area contributed by atoms with Gasteiger partial charge in [0.25, 0.3) is 0 Å². The van der Waals surface area contributed by atoms with Crippen LogP contribution in [0.5, 0.6) is 0 Å². The van der Waals surface area contributed by atoms with E-state index in [-0.39, 0.29) is 0 Å². The van der Waals surface area contributed by atoms with Gasteiger partial charge < -0.3 is 5.32 Å². The number of nitrogens with one attached hydrogen (secondary N) is 1. The van der Waals surface area contributed by atoms with Gasteiger partial charge in [0.2, 0.25) is 0 Å². The van der Waals surface area contributed by atoms with Crippen molar-refractivity contribution in [2.75, 3.05) is 6.54 Å². The van der Waals surface area contributed by atoms with Crippen LogP contribution in [-0.2, 0) is 0 Å². The monoisotopic (exact) mass is 209 g/mol. The molecule has 1 unspecified atom stereocenters. The molecule has 1 nitrogen and oxygen atoms in total. The van der Waals surface area contributed by atoms with Gasteiger partial charge in [0, 0.05) is 10.9 Å². The fraction of sp³-hybridized carbons (Fsp3) is 0.500. The SMILES string of the molecule is C=CCCNC(c1cccs1)C(C)C. The molecule has 0 amide bonds. The summed E-state index contributed by atoms with van der Waals surface area (Å²) in [7, 11) is 0. The van der Waals surface area contributed by atoms with Crippen LogP contribution in [-0.4, -0.2) is 6.54 Å². The minimum absolute atomic E-state index is 0.495. The first-order valence-corrected chi connectivity index (χ1v) is 6.01. The lowest BCUT2D eigenvalue weighted by Gasteiger charge is -2.20. The Hall–Kier alpha value is -0.600. The molecular weight excluding hydrogens is 190 g/mol. The fourth-order valence-corrected chi connectivity index (χ4v) is 2.45. The van der Waals surface area contributed by atoms with E-state index in [9.17, 15) is 0 Å². The number of hydrogen-bond acceptors (Lipinski definition) is 2. The molecule has 2 heteroatoms. The zero-order chi connectivity index (χ0) is 10.4. The second kappa shape index (κ2) is 5.99. The third-order valence-corrected chi connectivity index (χ3v) is 3.18. The zero-order valence-corrected chi connectivity index (χ0v) is 9.81. The van der Waals surface area contributed by atoms with Gasteiger partial charge in [-0.05, 0) is 30.3 Å². The predicted molar refractivity (Wildman–Crippen MR) is 64.7 cm³/mol. The molecule has 14 heavy (non-hydrogen) atoms. The highest BCUT2D eigenvalue weighted by Crippen LogP contribution is 2.25. The van der Waals surface area contributed by atoms with Gasteiger partial charge in [-0.15, -0.1) is 17.9 Å². The maximum Gasteiger partial charge on any atom is 0.0438 e. The fourth-order valence-electron chi connectivity index (χ4n) is 1.47. The summed E-state index contributed by atoms with van der Waals surface area (Å²) >= 11 is 1.83. The molecule has 0 bridgehead atoms. The van der Waals surface area contributed by atoms with E-state index >= 15 is 0 Å². The maximum absolute atomic E-state index is 3.73. The second-order valence-electron chi connectivity index (χ2n) is 3.77. The molecule has 0 aromatic carbocycles. The van der Waals surface area contributed by atoms with Gasteiger partial charge in [0.05, 0.1) is 0 Å². The van der Waals surface area contributed by atoms with E-state index in [1.807, 2.05) is 17.4 Å². The first-order valence-electron chi connectivity index (χ1n) is 5.13. The zero-order valence-electron chi connectivity index (χ0n) is 8.99. The third kappa shape index (κ3) is 3.28. The van der Waals surface area contributed by atoms with E-state index in [0.717, 1.165) is 13.0 Å². The standard InChI is InChI=1S/C12H19NS/c1-4-5-8-13-12(10(2)3)11-7-6-9-14-11/h4,6-7,9-10,12-13H,1,5,8H2,2-3H3. The van der Waals surface area contributed by atoms with E-state index < -0.39 is 0 Å². The van der Waals surface area contributed by atoms with Crippen LogP contribution in [0.25, 0.3) is 0 Å². The molecule has 1 aromatic rings. The van der Waals surface area contributed by atoms with Crippen molar-refractivity contribution in [1.82, 2.24) is 5.32 Å². The molecule has 0 spiro atoms. The summed E-state index contributed by atoms with van der Waals surface area (Å²) in [6.45, 7) is 9.26. The van der Waals surface area contributed by atoms with Gasteiger partial charge in [-0.2, -0.15) is 0 Å². The Labute approximate surface area is 90.9 Å². The Morgan fingerprint density at radius 2 is 2.36 bits per heavy atom. The molecule has 78 valence electrons. The van der Waals surface area contributed by atoms with Gasteiger partial charge in [-0.1, -0.05) is 26.0 Å². The Kier molecular flexibility index (Phi) is 4.91. The van der Waals surface area contributed by atoms with Crippen LogP contribution >= 0.6 is 11.3 Å². The molecule has 1 rings (SSSR count). The van der Waals surface area contributed by atoms with Gasteiger partial charge in [-0.3, -0.25) is 0 Å². The summed E-state index contributed by atoms with van der Waals surface area (Å²) in [5.41, 5.74) is 0. The smallest absolute Gasteiger partial charge is 0.0438 e. The highest BCUT2D eigenvalue weighted by Gasteiger charge is 2.14. The summed E-state index contributed by atoms with van der Waals surface area (Å²) in [5, 5.41) is 5.70. The molecule has 0 aliphatic rings. The second-order valence-corrected chi connectivity index (χ2v) is 4.75. The molecule has 1 N–H and O–H groups in total. The van der Waals surface area contributed by atoms with Gasteiger partial charge in [-0.25, -0.2) is 0 Å². The Balaban J connectivity index is 2.52. The van der Waals surface area contributed by atoms with Crippen LogP contribution in [0.15, 0.2) is 30.2 Å². The number of thiophene rings is 1. The molecule has 0 aliphatic carbocycles. The van der Waals surface area contributed by atoms with Crippen LogP contribution in [0.4, 0.5) is 0 Å². The summed E-state index contributed by atoms with van der Waals surface area (Å²) in [4.78, 5) is 1.43. The molecule has 0 radical (unpaired) electrons. The first-order chi connectivity index (χ1) is 6.75. The van der Waals surface area contributed by atoms with Crippen molar-refractivity contribution in [1.29, 1.82) is 0 Å². The average molecular weight is 209 g/mol. The van der Waals surface area contributed by atoms with Crippen molar-refractivity contribution in [3.05, 3.63) is 35.0 Å². The van der Waals surface area contributed by atoms with Gasteiger partial charge >= 0.3 is 0 Å². The van der Waals surface area contributed by atoms with Crippen molar-refractivity contribution < 1.29 is 0 Å². The van der Waals surface area contributed by atoms with E-state index in [1.54, 1.807) is 0 Å². The van der Waals surface area contributed by atoms with E-state index in [1.165, 1.54) is 4.88 Å². The van der Waals surface area contributed by atoms with Crippen LogP contribution in [0.1, 0.15) is 31.2 Å². The van der Waals surface area contributed by atoms with Crippen LogP contribution in [0.3, 0.4) is 0 Å². The molecule has 0 saturated carbocycles. The first kappa shape index (κ1) is 11.5. The van der Waals surface area contributed by atoms with E-state index in [2.05, 4.69) is 43.3 Å². The van der Waals surface area contributed by atoms with Crippen molar-refractivity contribution in [3.63, 3.8) is 0 Å². The average Bonchev–Trinajstić information content (AvgIpc) is 2.64. The normalized spacial score (nSPS) is 13.1. The van der Waals surface area contributed by atoms with Crippen molar-refractivity contribution in [3.8, 4) is 0 Å². The molecule has 1 heterocycles. The lowest BCUT2D eigenvalue weighted by atomic mass is 10.0. The number of hydrogen-bond donors (Lipinski definition) is 1. The van der Waals surface area contributed by atoms with Gasteiger partial charge in [0.15, 0.2) is 0 Å². The Morgan fingerprint density at radius 1 is 1.57 bits per heavy atom. The molecule has 0 aliphatic heterocycles. The van der Waals surface area contributed by atoms with Crippen LogP contribution in [0.2, 0.25) is 0 Å². The highest BCUT2D eigenvalue weighted by molar-refractivity contribution is 7.10. The van der Waals surface area contributed by atoms with Crippen molar-refractivity contribution >= 4 is 11.3 Å². The summed E-state index contributed by atoms with van der Waals surface area (Å²) in [6, 6.07) is 4.82. The van der Waals surface area contributed by atoms with Crippen molar-refractivity contribution in [2.24, 2.45) is 5.92 Å². The molecule has 1 atom stereocenters. The minimum Gasteiger partial charge on any atom is -0.309 e. The Morgan fingerprint density at radius 3 is 2.86 bits per heavy atom. The topological polar surface area (TPSA) is 12.0 Å². The molecule has 1 aromatic heterocycles. The quantitative estimate of drug-likeness (QED) is 0.557. The molecule has 0 saturated heterocycles. The van der Waals surface area contributed by atoms with E-state index in [4.69, 9.17) is 0 Å². The summed E-state index contributed by atoms with van der Waals surface area (Å²) in [6.07, 6.45) is 2.99. The summed E-state index contributed by atoms with van der Waals surface area (Å²) < 4.78 is 0. The third-order valence-electron chi connectivity index (χ3n) is 2.23. The summed E-state index contributed by atoms with van der Waals surface area (Å²) in [5.74, 6) is 0.637. The number of rotatable bonds is 6. The maximum atomic E-state index is 3.73. The lowest BCUT2D eigenvalue weighted by molar-refractivity contribution is 0.422. The molecular formula is C12H19NS. The van der Waals surface area contributed by atoms with Crippen LogP contribution in [0, 0.1) is 5.92 Å². The lowest BCUT2D eigenvalue weighted by Crippen LogP contribution is -2.25. The predicted octanol–water partition coefficient (Wildman–Crippen LogP) is 3.61. The Bertz CT molecular complexity index is 251. The van der Waals surface area contributed by atoms with E-state index in [0.29, 0.717) is 12.0 Å². The van der Waals surface area contributed by atoms with Crippen molar-refractivity contribution in [2.45, 2.75) is 26.3 Å². The largest absolute Gasteiger partial charge is 0.309 e. The molecule has 0 fully saturated rings. The minimum atomic E-state index is 0.495. The van der Waals surface area contributed by atoms with Gasteiger partial charge in [0.1, 0.15) is 0 Å². The highest BCUT2D eigenvalue weighted by atomic mass is 32.1. The van der Waals surface area contributed by atoms with Crippen LogP contribution < -0.4 is 5.32 Å².